The van der Waals surface area contributed by atoms with Crippen LogP contribution < -0.4 is 15.8 Å². The molecule has 6 nitrogen and oxygen atoms in total. The molecule has 0 radical (unpaired) electrons. The van der Waals surface area contributed by atoms with Gasteiger partial charge in [0.2, 0.25) is 0 Å². The van der Waals surface area contributed by atoms with Gasteiger partial charge in [0, 0.05) is 22.2 Å². The third-order valence-corrected chi connectivity index (χ3v) is 6.55. The second-order valence-corrected chi connectivity index (χ2v) is 8.70. The highest BCUT2D eigenvalue weighted by molar-refractivity contribution is 7.23. The van der Waals surface area contributed by atoms with Crippen LogP contribution in [0.25, 0.3) is 10.1 Å². The number of primary amides is 1. The van der Waals surface area contributed by atoms with Crippen molar-refractivity contribution in [2.75, 3.05) is 25.5 Å². The first-order valence-electron chi connectivity index (χ1n) is 10.2. The number of hydrogen-bond donors (Lipinski definition) is 2. The second kappa shape index (κ2) is 9.03. The predicted octanol–water partition coefficient (Wildman–Crippen LogP) is 4.39. The van der Waals surface area contributed by atoms with Gasteiger partial charge in [-0.2, -0.15) is 0 Å². The molecule has 162 valence electrons. The predicted molar refractivity (Wildman–Crippen MR) is 120 cm³/mol. The van der Waals surface area contributed by atoms with E-state index >= 15 is 0 Å². The van der Waals surface area contributed by atoms with Crippen molar-refractivity contribution in [1.82, 2.24) is 4.90 Å². The van der Waals surface area contributed by atoms with Gasteiger partial charge in [0.15, 0.2) is 11.6 Å². The molecule has 1 fully saturated rings. The van der Waals surface area contributed by atoms with E-state index in [1.807, 2.05) is 18.2 Å². The average molecular weight is 442 g/mol. The lowest BCUT2D eigenvalue weighted by Crippen LogP contribution is -2.29. The molecule has 8 heteroatoms. The van der Waals surface area contributed by atoms with Crippen LogP contribution in [0.1, 0.15) is 45.5 Å². The van der Waals surface area contributed by atoms with Crippen LogP contribution in [0.3, 0.4) is 0 Å². The minimum atomic E-state index is -0.700. The lowest BCUT2D eigenvalue weighted by molar-refractivity contribution is 0.100. The van der Waals surface area contributed by atoms with E-state index in [-0.39, 0.29) is 17.2 Å². The van der Waals surface area contributed by atoms with Gasteiger partial charge in [0.25, 0.3) is 11.8 Å². The monoisotopic (exact) mass is 441 g/mol. The summed E-state index contributed by atoms with van der Waals surface area (Å²) in [6, 6.07) is 10.2. The largest absolute Gasteiger partial charge is 0.494 e. The molecule has 0 bridgehead atoms. The number of halogens is 1. The number of rotatable bonds is 6. The lowest BCUT2D eigenvalue weighted by Gasteiger charge is -2.26. The van der Waals surface area contributed by atoms with Crippen molar-refractivity contribution in [3.05, 3.63) is 58.9 Å². The van der Waals surface area contributed by atoms with E-state index < -0.39 is 11.7 Å². The van der Waals surface area contributed by atoms with E-state index in [2.05, 4.69) is 10.2 Å². The van der Waals surface area contributed by atoms with Crippen LogP contribution >= 0.6 is 11.3 Å². The topological polar surface area (TPSA) is 84.7 Å². The minimum Gasteiger partial charge on any atom is -0.494 e. The Kier molecular flexibility index (Phi) is 6.20. The fraction of sp³-hybridized carbons (Fsp3) is 0.304. The highest BCUT2D eigenvalue weighted by atomic mass is 32.1. The maximum absolute atomic E-state index is 14.1. The van der Waals surface area contributed by atoms with Crippen LogP contribution in [-0.2, 0) is 6.54 Å². The first-order valence-corrected chi connectivity index (χ1v) is 11.0. The van der Waals surface area contributed by atoms with Gasteiger partial charge in [-0.1, -0.05) is 18.6 Å². The molecule has 0 aliphatic carbocycles. The Morgan fingerprint density at radius 3 is 2.68 bits per heavy atom. The van der Waals surface area contributed by atoms with E-state index in [1.54, 1.807) is 6.07 Å². The number of fused-ring (bicyclic) bond motifs is 1. The number of hydrogen-bond acceptors (Lipinski definition) is 5. The Morgan fingerprint density at radius 1 is 1.19 bits per heavy atom. The molecule has 1 aromatic heterocycles. The number of methoxy groups -OCH3 is 1. The summed E-state index contributed by atoms with van der Waals surface area (Å²) in [5.41, 5.74) is 7.28. The third-order valence-electron chi connectivity index (χ3n) is 5.48. The number of carbonyl (C=O) groups is 2. The summed E-state index contributed by atoms with van der Waals surface area (Å²) in [7, 11) is 1.35. The molecule has 0 unspecified atom stereocenters. The number of amides is 2. The maximum Gasteiger partial charge on any atom is 0.256 e. The van der Waals surface area contributed by atoms with E-state index in [1.165, 1.54) is 38.5 Å². The number of anilines is 1. The molecule has 31 heavy (non-hydrogen) atoms. The van der Waals surface area contributed by atoms with Crippen LogP contribution in [0.2, 0.25) is 0 Å². The summed E-state index contributed by atoms with van der Waals surface area (Å²) in [4.78, 5) is 27.4. The standard InChI is InChI=1S/C23H24FN3O3S/c1-30-18-11-16-19(12-17(18)24)31-23(20(16)21(25)28)26-22(29)15-7-5-6-14(10-15)13-27-8-3-2-4-9-27/h5-7,10-12H,2-4,8-9,13H2,1H3,(H2,25,28)(H,26,29). The smallest absolute Gasteiger partial charge is 0.256 e. The van der Waals surface area contributed by atoms with E-state index in [0.29, 0.717) is 20.7 Å². The van der Waals surface area contributed by atoms with Gasteiger partial charge in [-0.15, -0.1) is 11.3 Å². The normalized spacial score (nSPS) is 14.5. The summed E-state index contributed by atoms with van der Waals surface area (Å²) < 4.78 is 19.6. The molecule has 1 aliphatic heterocycles. The zero-order chi connectivity index (χ0) is 22.0. The molecule has 0 saturated carbocycles. The Morgan fingerprint density at radius 2 is 1.97 bits per heavy atom. The Hall–Kier alpha value is -2.97. The zero-order valence-electron chi connectivity index (χ0n) is 17.2. The third kappa shape index (κ3) is 4.55. The molecule has 2 aromatic carbocycles. The number of ether oxygens (including phenoxy) is 1. The highest BCUT2D eigenvalue weighted by Gasteiger charge is 2.21. The number of nitrogens with zero attached hydrogens (tertiary/aromatic N) is 1. The number of carbonyl (C=O) groups excluding carboxylic acids is 2. The number of thiophene rings is 1. The minimum absolute atomic E-state index is 0.0103. The first-order chi connectivity index (χ1) is 15.0. The first kappa shape index (κ1) is 21.3. The van der Waals surface area contributed by atoms with Crippen LogP contribution in [0.5, 0.6) is 5.75 Å². The van der Waals surface area contributed by atoms with Crippen LogP contribution in [0, 0.1) is 5.82 Å². The van der Waals surface area contributed by atoms with Crippen LogP contribution in [0.4, 0.5) is 9.39 Å². The number of piperidine rings is 1. The molecular formula is C23H24FN3O3S. The molecule has 1 aliphatic rings. The van der Waals surface area contributed by atoms with E-state index in [9.17, 15) is 14.0 Å². The molecule has 1 saturated heterocycles. The molecule has 0 atom stereocenters. The maximum atomic E-state index is 14.1. The molecule has 4 rings (SSSR count). The van der Waals surface area contributed by atoms with Gasteiger partial charge >= 0.3 is 0 Å². The van der Waals surface area contributed by atoms with E-state index in [4.69, 9.17) is 10.5 Å². The second-order valence-electron chi connectivity index (χ2n) is 7.64. The quantitative estimate of drug-likeness (QED) is 0.594. The van der Waals surface area contributed by atoms with Crippen LogP contribution in [0.15, 0.2) is 36.4 Å². The Labute approximate surface area is 183 Å². The van der Waals surface area contributed by atoms with E-state index in [0.717, 1.165) is 36.5 Å². The molecule has 3 aromatic rings. The van der Waals surface area contributed by atoms with Gasteiger partial charge in [-0.25, -0.2) is 4.39 Å². The van der Waals surface area contributed by atoms with Crippen molar-refractivity contribution >= 4 is 38.2 Å². The molecule has 2 heterocycles. The van der Waals surface area contributed by atoms with Crippen molar-refractivity contribution < 1.29 is 18.7 Å². The number of likely N-dealkylation sites (tertiary alicyclic amines) is 1. The lowest BCUT2D eigenvalue weighted by atomic mass is 10.1. The van der Waals surface area contributed by atoms with Crippen molar-refractivity contribution in [2.45, 2.75) is 25.8 Å². The highest BCUT2D eigenvalue weighted by Crippen LogP contribution is 2.38. The number of nitrogens with two attached hydrogens (primary N) is 1. The summed E-state index contributed by atoms with van der Waals surface area (Å²) >= 11 is 1.10. The Bertz CT molecular complexity index is 1140. The zero-order valence-corrected chi connectivity index (χ0v) is 18.1. The molecule has 2 amide bonds. The summed E-state index contributed by atoms with van der Waals surface area (Å²) in [5, 5.41) is 3.53. The molecular weight excluding hydrogens is 417 g/mol. The number of benzene rings is 2. The summed E-state index contributed by atoms with van der Waals surface area (Å²) in [5.74, 6) is -1.58. The fourth-order valence-electron chi connectivity index (χ4n) is 3.95. The van der Waals surface area contributed by atoms with Crippen molar-refractivity contribution in [2.24, 2.45) is 5.73 Å². The summed E-state index contributed by atoms with van der Waals surface area (Å²) in [6.45, 7) is 2.94. The van der Waals surface area contributed by atoms with Crippen LogP contribution in [-0.4, -0.2) is 36.9 Å². The summed E-state index contributed by atoms with van der Waals surface area (Å²) in [6.07, 6.45) is 3.67. The van der Waals surface area contributed by atoms with Gasteiger partial charge in [0.1, 0.15) is 5.00 Å². The van der Waals surface area contributed by atoms with Gasteiger partial charge < -0.3 is 15.8 Å². The Balaban J connectivity index is 1.60. The van der Waals surface area contributed by atoms with Gasteiger partial charge in [-0.05, 0) is 55.8 Å². The molecule has 0 spiro atoms. The van der Waals surface area contributed by atoms with Gasteiger partial charge in [0.05, 0.1) is 12.7 Å². The van der Waals surface area contributed by atoms with Crippen molar-refractivity contribution in [1.29, 1.82) is 0 Å². The van der Waals surface area contributed by atoms with Crippen molar-refractivity contribution in [3.8, 4) is 5.75 Å². The van der Waals surface area contributed by atoms with Gasteiger partial charge in [-0.3, -0.25) is 14.5 Å². The fourth-order valence-corrected chi connectivity index (χ4v) is 5.06. The SMILES string of the molecule is COc1cc2c(C(N)=O)c(NC(=O)c3cccc(CN4CCCCC4)c3)sc2cc1F. The number of nitrogens with one attached hydrogen (secondary N) is 1. The molecule has 3 N–H and O–H groups in total. The average Bonchev–Trinajstić information content (AvgIpc) is 3.10. The van der Waals surface area contributed by atoms with Crippen molar-refractivity contribution in [3.63, 3.8) is 0 Å².